The standard InChI is InChI=1S/C39H44N6O19/c1-16(46)28(43-25(50)13-40-34(56)19-7-4-10-22(47)31(19)53)38(61)64-18(3)30(45-27(52)15-42-36(58)21-9-6-12-24(49)33(21)55)39(62)63-17(2)29(37(59)60)44-26(51)14-41-35(57)20-8-5-11-23(48)32(20)54/h4-12,16-18,28-30,46-49,53-55H,13-15H2,1-3H3,(H,40,56)(H,41,57)(H,42,58)(H,43,50)(H,44,51)(H,45,52)(H,59,60). The Kier molecular flexibility index (Phi) is 17.6. The summed E-state index contributed by atoms with van der Waals surface area (Å²) in [5, 5.41) is 91.5. The van der Waals surface area contributed by atoms with Crippen molar-refractivity contribution < 1.29 is 93.5 Å². The highest BCUT2D eigenvalue weighted by Crippen LogP contribution is 2.29. The predicted molar refractivity (Wildman–Crippen MR) is 213 cm³/mol. The summed E-state index contributed by atoms with van der Waals surface area (Å²) in [7, 11) is 0. The molecular formula is C39H44N6O19. The lowest BCUT2D eigenvalue weighted by Gasteiger charge is -2.29. The van der Waals surface area contributed by atoms with E-state index < -0.39 is 161 Å². The molecule has 25 heteroatoms. The van der Waals surface area contributed by atoms with E-state index in [0.29, 0.717) is 0 Å². The molecular weight excluding hydrogens is 856 g/mol. The van der Waals surface area contributed by atoms with Crippen LogP contribution in [0.3, 0.4) is 0 Å². The zero-order valence-corrected chi connectivity index (χ0v) is 33.9. The molecule has 25 nitrogen and oxygen atoms in total. The fraction of sp³-hybridized carbons (Fsp3) is 0.308. The molecule has 3 aromatic carbocycles. The van der Waals surface area contributed by atoms with Gasteiger partial charge in [0.15, 0.2) is 52.6 Å². The van der Waals surface area contributed by atoms with Gasteiger partial charge in [0.25, 0.3) is 17.7 Å². The van der Waals surface area contributed by atoms with E-state index in [1.54, 1.807) is 0 Å². The Balaban J connectivity index is 1.76. The van der Waals surface area contributed by atoms with E-state index >= 15 is 0 Å². The highest BCUT2D eigenvalue weighted by atomic mass is 16.6. The Labute approximate surface area is 361 Å². The van der Waals surface area contributed by atoms with Crippen molar-refractivity contribution in [2.45, 2.75) is 57.2 Å². The van der Waals surface area contributed by atoms with E-state index in [9.17, 15) is 84.0 Å². The van der Waals surface area contributed by atoms with Gasteiger partial charge in [0.1, 0.15) is 12.2 Å². The molecule has 64 heavy (non-hydrogen) atoms. The first-order valence-electron chi connectivity index (χ1n) is 18.6. The van der Waals surface area contributed by atoms with Gasteiger partial charge in [0.2, 0.25) is 17.7 Å². The van der Waals surface area contributed by atoms with Crippen LogP contribution in [0, 0.1) is 0 Å². The second-order valence-corrected chi connectivity index (χ2v) is 13.6. The van der Waals surface area contributed by atoms with Crippen molar-refractivity contribution in [2.24, 2.45) is 0 Å². The molecule has 344 valence electrons. The first kappa shape index (κ1) is 50.0. The van der Waals surface area contributed by atoms with E-state index in [2.05, 4.69) is 26.6 Å². The van der Waals surface area contributed by atoms with Crippen LogP contribution in [0.25, 0.3) is 0 Å². The highest BCUT2D eigenvalue weighted by Gasteiger charge is 2.38. The molecule has 0 aliphatic carbocycles. The van der Waals surface area contributed by atoms with Crippen molar-refractivity contribution in [1.82, 2.24) is 31.9 Å². The van der Waals surface area contributed by atoms with Crippen molar-refractivity contribution in [2.75, 3.05) is 19.6 Å². The summed E-state index contributed by atoms with van der Waals surface area (Å²) in [6.07, 6.45) is -5.32. The van der Waals surface area contributed by atoms with Crippen molar-refractivity contribution in [3.8, 4) is 34.5 Å². The van der Waals surface area contributed by atoms with Gasteiger partial charge in [0.05, 0.1) is 42.4 Å². The maximum atomic E-state index is 13.6. The van der Waals surface area contributed by atoms with Crippen LogP contribution in [0.5, 0.6) is 34.5 Å². The Hall–Kier alpha value is -8.35. The van der Waals surface area contributed by atoms with Gasteiger partial charge < -0.3 is 82.2 Å². The minimum Gasteiger partial charge on any atom is -0.504 e. The van der Waals surface area contributed by atoms with Gasteiger partial charge in [-0.2, -0.15) is 0 Å². The van der Waals surface area contributed by atoms with E-state index in [4.69, 9.17) is 9.47 Å². The van der Waals surface area contributed by atoms with Crippen molar-refractivity contribution in [1.29, 1.82) is 0 Å². The summed E-state index contributed by atoms with van der Waals surface area (Å²) in [6, 6.07) is 4.21. The van der Waals surface area contributed by atoms with Gasteiger partial charge in [-0.1, -0.05) is 18.2 Å². The Bertz CT molecular complexity index is 2280. The number of phenols is 6. The smallest absolute Gasteiger partial charge is 0.332 e. The number of carboxylic acids is 1. The third kappa shape index (κ3) is 13.6. The fourth-order valence-corrected chi connectivity index (χ4v) is 5.36. The second kappa shape index (κ2) is 22.5. The number of hydrogen-bond acceptors (Lipinski definition) is 18. The zero-order chi connectivity index (χ0) is 48.0. The molecule has 6 amide bonds. The number of aromatic hydroxyl groups is 6. The molecule has 6 atom stereocenters. The number of rotatable bonds is 20. The zero-order valence-electron chi connectivity index (χ0n) is 33.9. The number of carbonyl (C=O) groups excluding carboxylic acids is 8. The van der Waals surface area contributed by atoms with Crippen LogP contribution in [0.4, 0.5) is 0 Å². The average molecular weight is 901 g/mol. The van der Waals surface area contributed by atoms with E-state index in [-0.39, 0.29) is 0 Å². The molecule has 0 radical (unpaired) electrons. The summed E-state index contributed by atoms with van der Waals surface area (Å²) in [5.74, 6) is -15.6. The maximum absolute atomic E-state index is 13.6. The molecule has 6 unspecified atom stereocenters. The van der Waals surface area contributed by atoms with Crippen molar-refractivity contribution in [3.05, 3.63) is 71.3 Å². The van der Waals surface area contributed by atoms with Crippen molar-refractivity contribution in [3.63, 3.8) is 0 Å². The number of aliphatic hydroxyl groups excluding tert-OH is 1. The highest BCUT2D eigenvalue weighted by molar-refractivity contribution is 6.01. The number of nitrogens with one attached hydrogen (secondary N) is 6. The van der Waals surface area contributed by atoms with Gasteiger partial charge in [0, 0.05) is 0 Å². The number of aliphatic carboxylic acids is 1. The lowest BCUT2D eigenvalue weighted by atomic mass is 10.1. The number of benzene rings is 3. The molecule has 0 saturated heterocycles. The van der Waals surface area contributed by atoms with Crippen LogP contribution < -0.4 is 31.9 Å². The average Bonchev–Trinajstić information content (AvgIpc) is 3.23. The molecule has 0 bridgehead atoms. The number of hydrogen-bond donors (Lipinski definition) is 14. The summed E-state index contributed by atoms with van der Waals surface area (Å²) >= 11 is 0. The molecule has 0 saturated carbocycles. The Morgan fingerprint density at radius 3 is 1.11 bits per heavy atom. The number of carbonyl (C=O) groups is 9. The first-order valence-corrected chi connectivity index (χ1v) is 18.6. The molecule has 0 aliphatic heterocycles. The lowest BCUT2D eigenvalue weighted by Crippen LogP contribution is -2.57. The van der Waals surface area contributed by atoms with Gasteiger partial charge in [-0.3, -0.25) is 28.8 Å². The van der Waals surface area contributed by atoms with E-state index in [1.807, 2.05) is 5.32 Å². The quantitative estimate of drug-likeness (QED) is 0.0405. The first-order chi connectivity index (χ1) is 30.0. The monoisotopic (exact) mass is 900 g/mol. The van der Waals surface area contributed by atoms with Gasteiger partial charge in [-0.25, -0.2) is 14.4 Å². The lowest BCUT2D eigenvalue weighted by molar-refractivity contribution is -0.167. The van der Waals surface area contributed by atoms with Gasteiger partial charge in [-0.15, -0.1) is 0 Å². The molecule has 0 fully saturated rings. The Morgan fingerprint density at radius 2 is 0.781 bits per heavy atom. The second-order valence-electron chi connectivity index (χ2n) is 13.6. The third-order valence-corrected chi connectivity index (χ3v) is 8.76. The normalized spacial score (nSPS) is 13.5. The largest absolute Gasteiger partial charge is 0.504 e. The van der Waals surface area contributed by atoms with Crippen LogP contribution in [0.1, 0.15) is 51.8 Å². The molecule has 14 N–H and O–H groups in total. The van der Waals surface area contributed by atoms with Crippen LogP contribution >= 0.6 is 0 Å². The number of amides is 6. The number of carboxylic acid groups (broad SMARTS) is 1. The van der Waals surface area contributed by atoms with E-state index in [0.717, 1.165) is 57.2 Å². The van der Waals surface area contributed by atoms with Gasteiger partial charge in [-0.05, 0) is 57.2 Å². The minimum absolute atomic E-state index is 0.409. The molecule has 0 aliphatic rings. The third-order valence-electron chi connectivity index (χ3n) is 8.76. The number of esters is 2. The van der Waals surface area contributed by atoms with Crippen LogP contribution in [-0.2, 0) is 38.2 Å². The Morgan fingerprint density at radius 1 is 0.484 bits per heavy atom. The molecule has 3 aromatic rings. The van der Waals surface area contributed by atoms with E-state index in [1.165, 1.54) is 18.2 Å². The molecule has 3 rings (SSSR count). The summed E-state index contributed by atoms with van der Waals surface area (Å²) in [6.45, 7) is 0.396. The van der Waals surface area contributed by atoms with Gasteiger partial charge >= 0.3 is 17.9 Å². The predicted octanol–water partition coefficient (Wildman–Crippen LogP) is -2.71. The molecule has 0 heterocycles. The fourth-order valence-electron chi connectivity index (χ4n) is 5.36. The topological polar surface area (TPSA) is 406 Å². The summed E-state index contributed by atoms with van der Waals surface area (Å²) in [5.41, 5.74) is -1.29. The number of para-hydroxylation sites is 3. The number of aliphatic hydroxyl groups is 1. The number of ether oxygens (including phenoxy) is 2. The summed E-state index contributed by atoms with van der Waals surface area (Å²) in [4.78, 5) is 115. The van der Waals surface area contributed by atoms with Crippen LogP contribution in [0.2, 0.25) is 0 Å². The SMILES string of the molecule is CC(O)C(NC(=O)CNC(=O)c1cccc(O)c1O)C(=O)OC(C)C(NC(=O)CNC(=O)c1cccc(O)c1O)C(=O)OC(C)C(NC(=O)CNC(=O)c1cccc(O)c1O)C(=O)O. The van der Waals surface area contributed by atoms with Crippen LogP contribution in [0.15, 0.2) is 54.6 Å². The maximum Gasteiger partial charge on any atom is 0.332 e. The number of phenolic OH excluding ortho intramolecular Hbond substituents is 6. The van der Waals surface area contributed by atoms with Crippen LogP contribution in [-0.4, -0.2) is 150 Å². The summed E-state index contributed by atoms with van der Waals surface area (Å²) < 4.78 is 10.5. The minimum atomic E-state index is -2.08. The van der Waals surface area contributed by atoms with Crippen molar-refractivity contribution >= 4 is 53.4 Å². The molecule has 0 aromatic heterocycles. The molecule has 0 spiro atoms.